The zero-order chi connectivity index (χ0) is 17.9. The number of carbonyl (C=O) groups is 1. The van der Waals surface area contributed by atoms with Crippen molar-refractivity contribution in [2.45, 2.75) is 0 Å². The molecule has 24 heavy (non-hydrogen) atoms. The third-order valence-corrected chi connectivity index (χ3v) is 3.15. The van der Waals surface area contributed by atoms with Crippen LogP contribution in [0, 0.1) is 10.1 Å². The van der Waals surface area contributed by atoms with Gasteiger partial charge >= 0.3 is 0 Å². The van der Waals surface area contributed by atoms with Gasteiger partial charge in [-0.3, -0.25) is 14.9 Å². The molecule has 2 rings (SSSR count). The first kappa shape index (κ1) is 17.1. The zero-order valence-electron chi connectivity index (χ0n) is 13.8. The average molecular weight is 330 g/mol. The summed E-state index contributed by atoms with van der Waals surface area (Å²) in [4.78, 5) is 34.7. The molecule has 1 aromatic heterocycles. The first-order chi connectivity index (χ1) is 11.3. The number of non-ortho nitro benzene ring substituents is 1. The molecule has 1 amide bonds. The maximum absolute atomic E-state index is 12.4. The van der Waals surface area contributed by atoms with E-state index in [1.165, 1.54) is 30.5 Å². The molecule has 1 N–H and O–H groups in total. The number of nitro benzene ring substituents is 1. The number of nitro groups is 1. The van der Waals surface area contributed by atoms with Gasteiger partial charge < -0.3 is 15.1 Å². The summed E-state index contributed by atoms with van der Waals surface area (Å²) < 4.78 is 0. The van der Waals surface area contributed by atoms with Gasteiger partial charge in [-0.1, -0.05) is 6.07 Å². The lowest BCUT2D eigenvalue weighted by Gasteiger charge is -2.19. The maximum atomic E-state index is 12.4. The normalized spacial score (nSPS) is 10.2. The smallest absolute Gasteiger partial charge is 0.270 e. The van der Waals surface area contributed by atoms with Crippen LogP contribution < -0.4 is 15.1 Å². The Morgan fingerprint density at radius 2 is 1.92 bits per heavy atom. The maximum Gasteiger partial charge on any atom is 0.270 e. The van der Waals surface area contributed by atoms with E-state index in [9.17, 15) is 14.9 Å². The topological polar surface area (TPSA) is 104 Å². The van der Waals surface area contributed by atoms with E-state index in [1.54, 1.807) is 23.9 Å². The van der Waals surface area contributed by atoms with Gasteiger partial charge in [0.1, 0.15) is 5.69 Å². The third-order valence-electron chi connectivity index (χ3n) is 3.15. The number of rotatable bonds is 5. The van der Waals surface area contributed by atoms with Crippen molar-refractivity contribution in [3.8, 4) is 0 Å². The van der Waals surface area contributed by atoms with Crippen molar-refractivity contribution in [1.82, 2.24) is 9.97 Å². The van der Waals surface area contributed by atoms with Gasteiger partial charge in [0.15, 0.2) is 5.82 Å². The predicted molar refractivity (Wildman–Crippen MR) is 91.7 cm³/mol. The highest BCUT2D eigenvalue weighted by atomic mass is 16.6. The van der Waals surface area contributed by atoms with Gasteiger partial charge in [0.05, 0.1) is 11.1 Å². The van der Waals surface area contributed by atoms with Crippen molar-refractivity contribution in [1.29, 1.82) is 0 Å². The number of hydrogen-bond donors (Lipinski definition) is 1. The fourth-order valence-electron chi connectivity index (χ4n) is 1.96. The molecule has 0 spiro atoms. The van der Waals surface area contributed by atoms with E-state index in [-0.39, 0.29) is 11.3 Å². The Labute approximate surface area is 139 Å². The molecule has 0 aliphatic rings. The fourth-order valence-corrected chi connectivity index (χ4v) is 1.96. The molecule has 1 heterocycles. The predicted octanol–water partition coefficient (Wildman–Crippen LogP) is 1.77. The minimum absolute atomic E-state index is 0.144. The Bertz CT molecular complexity index is 776. The Morgan fingerprint density at radius 1 is 1.21 bits per heavy atom. The van der Waals surface area contributed by atoms with Gasteiger partial charge in [-0.15, -0.1) is 0 Å². The monoisotopic (exact) mass is 330 g/mol. The summed E-state index contributed by atoms with van der Waals surface area (Å²) in [6.45, 7) is 0. The summed E-state index contributed by atoms with van der Waals surface area (Å²) in [5, 5.41) is 13.5. The number of nitrogens with zero attached hydrogens (tertiary/aromatic N) is 5. The second-order valence-electron chi connectivity index (χ2n) is 5.46. The van der Waals surface area contributed by atoms with E-state index in [0.717, 1.165) is 0 Å². The van der Waals surface area contributed by atoms with Crippen molar-refractivity contribution in [2.75, 3.05) is 43.3 Å². The van der Waals surface area contributed by atoms with Crippen LogP contribution in [0.25, 0.3) is 0 Å². The third kappa shape index (κ3) is 3.75. The fraction of sp³-hybridized carbons (Fsp3) is 0.267. The summed E-state index contributed by atoms with van der Waals surface area (Å²) >= 11 is 0. The van der Waals surface area contributed by atoms with E-state index >= 15 is 0 Å². The summed E-state index contributed by atoms with van der Waals surface area (Å²) in [5.41, 5.74) is 0.461. The Kier molecular flexibility index (Phi) is 4.93. The molecule has 0 bridgehead atoms. The summed E-state index contributed by atoms with van der Waals surface area (Å²) in [7, 11) is 7.22. The van der Waals surface area contributed by atoms with Crippen molar-refractivity contribution >= 4 is 29.0 Å². The van der Waals surface area contributed by atoms with Crippen LogP contribution in [-0.2, 0) is 0 Å². The SMILES string of the molecule is CN(C)c1ncc(NC(=O)c2cccc([N+](=O)[O-])c2)c(N(C)C)n1. The van der Waals surface area contributed by atoms with Crippen LogP contribution in [0.15, 0.2) is 30.5 Å². The highest BCUT2D eigenvalue weighted by molar-refractivity contribution is 6.05. The van der Waals surface area contributed by atoms with Crippen LogP contribution in [0.1, 0.15) is 10.4 Å². The van der Waals surface area contributed by atoms with Crippen LogP contribution in [-0.4, -0.2) is 49.0 Å². The average Bonchev–Trinajstić information content (AvgIpc) is 2.54. The van der Waals surface area contributed by atoms with Crippen molar-refractivity contribution < 1.29 is 9.72 Å². The van der Waals surface area contributed by atoms with Gasteiger partial charge in [0.2, 0.25) is 5.95 Å². The lowest BCUT2D eigenvalue weighted by Crippen LogP contribution is -2.21. The van der Waals surface area contributed by atoms with E-state index in [1.807, 2.05) is 14.1 Å². The zero-order valence-corrected chi connectivity index (χ0v) is 13.8. The van der Waals surface area contributed by atoms with E-state index in [4.69, 9.17) is 0 Å². The molecule has 0 aliphatic carbocycles. The summed E-state index contributed by atoms with van der Waals surface area (Å²) in [6, 6.07) is 5.52. The molecule has 1 aromatic carbocycles. The Balaban J connectivity index is 2.31. The largest absolute Gasteiger partial charge is 0.361 e. The summed E-state index contributed by atoms with van der Waals surface area (Å²) in [6.07, 6.45) is 1.51. The second-order valence-corrected chi connectivity index (χ2v) is 5.46. The Morgan fingerprint density at radius 3 is 2.50 bits per heavy atom. The Hall–Kier alpha value is -3.23. The number of benzene rings is 1. The molecule has 0 aliphatic heterocycles. The summed E-state index contributed by atoms with van der Waals surface area (Å²) in [5.74, 6) is 0.572. The highest BCUT2D eigenvalue weighted by Gasteiger charge is 2.16. The molecular weight excluding hydrogens is 312 g/mol. The van der Waals surface area contributed by atoms with E-state index in [0.29, 0.717) is 17.5 Å². The van der Waals surface area contributed by atoms with Gasteiger partial charge in [-0.2, -0.15) is 4.98 Å². The molecule has 0 saturated carbocycles. The number of hydrogen-bond acceptors (Lipinski definition) is 7. The molecule has 126 valence electrons. The minimum atomic E-state index is -0.545. The molecular formula is C15H18N6O3. The standard InChI is InChI=1S/C15H18N6O3/c1-19(2)13-12(9-16-15(18-13)20(3)4)17-14(22)10-6-5-7-11(8-10)21(23)24/h5-9H,1-4H3,(H,17,22). The van der Waals surface area contributed by atoms with E-state index in [2.05, 4.69) is 15.3 Å². The quantitative estimate of drug-likeness (QED) is 0.658. The van der Waals surface area contributed by atoms with E-state index < -0.39 is 10.8 Å². The number of nitrogens with one attached hydrogen (secondary N) is 1. The first-order valence-electron chi connectivity index (χ1n) is 7.07. The lowest BCUT2D eigenvalue weighted by molar-refractivity contribution is -0.384. The molecule has 0 saturated heterocycles. The van der Waals surface area contributed by atoms with Crippen LogP contribution >= 0.6 is 0 Å². The lowest BCUT2D eigenvalue weighted by atomic mass is 10.2. The van der Waals surface area contributed by atoms with Gasteiger partial charge in [-0.05, 0) is 6.07 Å². The molecule has 0 atom stereocenters. The van der Waals surface area contributed by atoms with Crippen molar-refractivity contribution in [2.24, 2.45) is 0 Å². The number of anilines is 3. The minimum Gasteiger partial charge on any atom is -0.361 e. The van der Waals surface area contributed by atoms with Gasteiger partial charge in [-0.25, -0.2) is 4.98 Å². The molecule has 9 nitrogen and oxygen atoms in total. The number of amides is 1. The number of aromatic nitrogens is 2. The van der Waals surface area contributed by atoms with Crippen LogP contribution in [0.4, 0.5) is 23.1 Å². The first-order valence-corrected chi connectivity index (χ1v) is 7.07. The highest BCUT2D eigenvalue weighted by Crippen LogP contribution is 2.24. The van der Waals surface area contributed by atoms with Crippen LogP contribution in [0.2, 0.25) is 0 Å². The van der Waals surface area contributed by atoms with Gasteiger partial charge in [0.25, 0.3) is 11.6 Å². The molecule has 0 radical (unpaired) electrons. The number of carbonyl (C=O) groups excluding carboxylic acids is 1. The van der Waals surface area contributed by atoms with Crippen molar-refractivity contribution in [3.63, 3.8) is 0 Å². The molecule has 2 aromatic rings. The molecule has 0 unspecified atom stereocenters. The van der Waals surface area contributed by atoms with Crippen molar-refractivity contribution in [3.05, 3.63) is 46.1 Å². The van der Waals surface area contributed by atoms with Gasteiger partial charge in [0, 0.05) is 45.9 Å². The molecule has 9 heteroatoms. The second kappa shape index (κ2) is 6.90. The van der Waals surface area contributed by atoms with Crippen LogP contribution in [0.5, 0.6) is 0 Å². The van der Waals surface area contributed by atoms with Crippen LogP contribution in [0.3, 0.4) is 0 Å². The molecule has 0 fully saturated rings.